The van der Waals surface area contributed by atoms with Gasteiger partial charge in [-0.15, -0.1) is 0 Å². The lowest BCUT2D eigenvalue weighted by molar-refractivity contribution is -0.143. The number of phenols is 1. The van der Waals surface area contributed by atoms with Gasteiger partial charge in [0.2, 0.25) is 5.91 Å². The number of aromatic hydroxyl groups is 1. The first-order chi connectivity index (χ1) is 17.6. The Morgan fingerprint density at radius 3 is 2.42 bits per heavy atom. The molecule has 0 atom stereocenters. The van der Waals surface area contributed by atoms with Crippen LogP contribution in [0, 0.1) is 5.41 Å². The summed E-state index contributed by atoms with van der Waals surface area (Å²) < 4.78 is 0. The van der Waals surface area contributed by atoms with Crippen molar-refractivity contribution in [2.45, 2.75) is 31.1 Å². The first kappa shape index (κ1) is 23.0. The van der Waals surface area contributed by atoms with Crippen LogP contribution >= 0.6 is 0 Å². The molecule has 3 aromatic rings. The van der Waals surface area contributed by atoms with Crippen LogP contribution in [0.1, 0.15) is 31.2 Å². The fourth-order valence-electron chi connectivity index (χ4n) is 6.33. The molecular formula is C29H33N5O2. The summed E-state index contributed by atoms with van der Waals surface area (Å²) in [5, 5.41) is 22.2. The summed E-state index contributed by atoms with van der Waals surface area (Å²) in [5.74, 6) is 0.485. The molecule has 1 amide bonds. The number of likely N-dealkylation sites (tertiary alicyclic amines) is 1. The van der Waals surface area contributed by atoms with Gasteiger partial charge in [-0.1, -0.05) is 42.5 Å². The smallest absolute Gasteiger partial charge is 0.233 e. The maximum atomic E-state index is 14.3. The van der Waals surface area contributed by atoms with Crippen molar-refractivity contribution >= 4 is 11.6 Å². The summed E-state index contributed by atoms with van der Waals surface area (Å²) in [6, 6.07) is 19.6. The van der Waals surface area contributed by atoms with Crippen molar-refractivity contribution in [3.63, 3.8) is 0 Å². The van der Waals surface area contributed by atoms with Crippen LogP contribution < -0.4 is 10.2 Å². The van der Waals surface area contributed by atoms with Gasteiger partial charge in [0.25, 0.3) is 0 Å². The van der Waals surface area contributed by atoms with E-state index in [9.17, 15) is 9.90 Å². The predicted octanol–water partition coefficient (Wildman–Crippen LogP) is 3.60. The van der Waals surface area contributed by atoms with Crippen molar-refractivity contribution in [1.82, 2.24) is 20.4 Å². The van der Waals surface area contributed by atoms with E-state index in [1.807, 2.05) is 24.3 Å². The molecule has 3 aliphatic rings. The van der Waals surface area contributed by atoms with Crippen molar-refractivity contribution < 1.29 is 9.90 Å². The molecule has 0 saturated carbocycles. The second kappa shape index (κ2) is 9.21. The van der Waals surface area contributed by atoms with Crippen molar-refractivity contribution in [2.75, 3.05) is 44.2 Å². The van der Waals surface area contributed by atoms with Crippen LogP contribution in [-0.4, -0.2) is 65.4 Å². The highest BCUT2D eigenvalue weighted by molar-refractivity contribution is 5.89. The SMILES string of the molecule is O=C(N1CCCC2(CNC2)C1)C1(c2ccccc2)CCN(c2cnnc(-c3ccccc3O)c2)CC1. The lowest BCUT2D eigenvalue weighted by Crippen LogP contribution is -2.64. The van der Waals surface area contributed by atoms with E-state index in [1.54, 1.807) is 18.3 Å². The molecule has 186 valence electrons. The minimum atomic E-state index is -0.506. The number of anilines is 1. The maximum absolute atomic E-state index is 14.3. The lowest BCUT2D eigenvalue weighted by Gasteiger charge is -2.52. The van der Waals surface area contributed by atoms with Gasteiger partial charge in [0, 0.05) is 50.2 Å². The quantitative estimate of drug-likeness (QED) is 0.590. The molecule has 3 saturated heterocycles. The van der Waals surface area contributed by atoms with Crippen LogP contribution in [0.15, 0.2) is 66.9 Å². The molecule has 1 spiro atoms. The Morgan fingerprint density at radius 2 is 1.69 bits per heavy atom. The molecule has 3 aliphatic heterocycles. The normalized spacial score (nSPS) is 20.7. The van der Waals surface area contributed by atoms with Gasteiger partial charge in [0.1, 0.15) is 5.75 Å². The summed E-state index contributed by atoms with van der Waals surface area (Å²) >= 11 is 0. The molecule has 7 heteroatoms. The number of nitrogens with one attached hydrogen (secondary N) is 1. The summed E-state index contributed by atoms with van der Waals surface area (Å²) in [6.45, 7) is 5.29. The monoisotopic (exact) mass is 483 g/mol. The Morgan fingerprint density at radius 1 is 0.944 bits per heavy atom. The van der Waals surface area contributed by atoms with Crippen molar-refractivity contribution in [2.24, 2.45) is 5.41 Å². The first-order valence-corrected chi connectivity index (χ1v) is 13.0. The van der Waals surface area contributed by atoms with Crippen LogP contribution in [0.5, 0.6) is 5.75 Å². The maximum Gasteiger partial charge on any atom is 0.233 e. The molecule has 4 heterocycles. The number of phenolic OH excluding ortho intramolecular Hbond substituents is 1. The summed E-state index contributed by atoms with van der Waals surface area (Å²) in [6.07, 6.45) is 5.59. The van der Waals surface area contributed by atoms with Crippen molar-refractivity contribution in [3.8, 4) is 17.0 Å². The standard InChI is InChI=1S/C29H33N5O2/c35-26-10-5-4-9-24(26)25-17-23(18-31-32-25)33-15-12-29(13-16-33,22-7-2-1-3-8-22)27(36)34-14-6-11-28(21-34)19-30-20-28/h1-5,7-10,17-18,30,35H,6,11-16,19-21H2. The minimum Gasteiger partial charge on any atom is -0.507 e. The summed E-state index contributed by atoms with van der Waals surface area (Å²) in [5.41, 5.74) is 3.18. The number of benzene rings is 2. The third-order valence-corrected chi connectivity index (χ3v) is 8.49. The van der Waals surface area contributed by atoms with Crippen LogP contribution in [0.4, 0.5) is 5.69 Å². The molecule has 7 nitrogen and oxygen atoms in total. The molecule has 1 aromatic heterocycles. The topological polar surface area (TPSA) is 81.6 Å². The number of hydrogen-bond acceptors (Lipinski definition) is 6. The number of hydrogen-bond donors (Lipinski definition) is 2. The molecule has 2 aromatic carbocycles. The zero-order valence-corrected chi connectivity index (χ0v) is 20.6. The van der Waals surface area contributed by atoms with E-state index in [0.717, 1.165) is 69.8 Å². The third kappa shape index (κ3) is 4.01. The van der Waals surface area contributed by atoms with Gasteiger partial charge in [-0.25, -0.2) is 0 Å². The van der Waals surface area contributed by atoms with Crippen LogP contribution in [0.25, 0.3) is 11.3 Å². The zero-order chi connectivity index (χ0) is 24.6. The second-order valence-corrected chi connectivity index (χ2v) is 10.7. The first-order valence-electron chi connectivity index (χ1n) is 13.0. The van der Waals surface area contributed by atoms with Gasteiger partial charge in [0.05, 0.1) is 23.0 Å². The van der Waals surface area contributed by atoms with Crippen LogP contribution in [-0.2, 0) is 10.2 Å². The Hall–Kier alpha value is -3.45. The molecule has 36 heavy (non-hydrogen) atoms. The van der Waals surface area contributed by atoms with Gasteiger partial charge in [0.15, 0.2) is 0 Å². The number of nitrogens with zero attached hydrogens (tertiary/aromatic N) is 4. The number of amides is 1. The molecule has 0 bridgehead atoms. The van der Waals surface area contributed by atoms with E-state index >= 15 is 0 Å². The molecule has 0 aliphatic carbocycles. The van der Waals surface area contributed by atoms with E-state index in [-0.39, 0.29) is 11.2 Å². The van der Waals surface area contributed by atoms with Gasteiger partial charge in [-0.05, 0) is 49.4 Å². The summed E-state index contributed by atoms with van der Waals surface area (Å²) in [7, 11) is 0. The Labute approximate surface area is 212 Å². The average molecular weight is 484 g/mol. The third-order valence-electron chi connectivity index (χ3n) is 8.49. The van der Waals surface area contributed by atoms with Gasteiger partial charge < -0.3 is 20.2 Å². The number of para-hydroxylation sites is 1. The Bertz CT molecular complexity index is 1240. The largest absolute Gasteiger partial charge is 0.507 e. The molecule has 2 N–H and O–H groups in total. The van der Waals surface area contributed by atoms with Crippen molar-refractivity contribution in [1.29, 1.82) is 0 Å². The van der Waals surface area contributed by atoms with E-state index in [4.69, 9.17) is 0 Å². The number of rotatable bonds is 4. The highest BCUT2D eigenvalue weighted by Gasteiger charge is 2.49. The van der Waals surface area contributed by atoms with Gasteiger partial charge in [-0.2, -0.15) is 10.2 Å². The molecular weight excluding hydrogens is 450 g/mol. The van der Waals surface area contributed by atoms with Crippen LogP contribution in [0.2, 0.25) is 0 Å². The summed E-state index contributed by atoms with van der Waals surface area (Å²) in [4.78, 5) is 18.7. The number of carbonyl (C=O) groups is 1. The average Bonchev–Trinajstić information content (AvgIpc) is 2.93. The van der Waals surface area contributed by atoms with Gasteiger partial charge >= 0.3 is 0 Å². The highest BCUT2D eigenvalue weighted by atomic mass is 16.3. The van der Waals surface area contributed by atoms with E-state index < -0.39 is 5.41 Å². The zero-order valence-electron chi connectivity index (χ0n) is 20.6. The van der Waals surface area contributed by atoms with Gasteiger partial charge in [-0.3, -0.25) is 4.79 Å². The fourth-order valence-corrected chi connectivity index (χ4v) is 6.33. The predicted molar refractivity (Wildman–Crippen MR) is 140 cm³/mol. The number of aromatic nitrogens is 2. The van der Waals surface area contributed by atoms with E-state index in [1.165, 1.54) is 6.42 Å². The Balaban J connectivity index is 1.25. The molecule has 0 radical (unpaired) electrons. The van der Waals surface area contributed by atoms with E-state index in [2.05, 4.69) is 49.6 Å². The molecule has 3 fully saturated rings. The lowest BCUT2D eigenvalue weighted by atomic mass is 9.69. The number of piperidine rings is 2. The van der Waals surface area contributed by atoms with E-state index in [0.29, 0.717) is 17.2 Å². The highest BCUT2D eigenvalue weighted by Crippen LogP contribution is 2.42. The van der Waals surface area contributed by atoms with Crippen LogP contribution in [0.3, 0.4) is 0 Å². The second-order valence-electron chi connectivity index (χ2n) is 10.7. The molecule has 6 rings (SSSR count). The minimum absolute atomic E-state index is 0.192. The molecule has 0 unspecified atom stereocenters. The Kier molecular flexibility index (Phi) is 5.88. The van der Waals surface area contributed by atoms with Crippen molar-refractivity contribution in [3.05, 3.63) is 72.4 Å². The fraction of sp³-hybridized carbons (Fsp3) is 0.414. The number of carbonyl (C=O) groups excluding carboxylic acids is 1.